The third kappa shape index (κ3) is 4.37. The number of ether oxygens (including phenoxy) is 1. The highest BCUT2D eigenvalue weighted by molar-refractivity contribution is 7.20. The number of rotatable bonds is 5. The van der Waals surface area contributed by atoms with Gasteiger partial charge in [-0.25, -0.2) is 4.98 Å². The molecule has 0 saturated carbocycles. The Morgan fingerprint density at radius 2 is 2.16 bits per heavy atom. The van der Waals surface area contributed by atoms with Crippen molar-refractivity contribution in [3.8, 4) is 10.9 Å². The summed E-state index contributed by atoms with van der Waals surface area (Å²) in [6, 6.07) is 8.37. The summed E-state index contributed by atoms with van der Waals surface area (Å²) in [5.74, 6) is 0.157. The van der Waals surface area contributed by atoms with E-state index in [0.29, 0.717) is 16.0 Å². The van der Waals surface area contributed by atoms with Crippen molar-refractivity contribution in [3.63, 3.8) is 0 Å². The molecule has 3 aromatic rings. The molecular formula is C17H16ClN3O3S. The molecule has 8 heteroatoms. The van der Waals surface area contributed by atoms with Crippen molar-refractivity contribution < 1.29 is 9.53 Å². The number of nitrogens with zero attached hydrogens (tertiary/aromatic N) is 2. The lowest BCUT2D eigenvalue weighted by Crippen LogP contribution is -2.35. The van der Waals surface area contributed by atoms with Crippen molar-refractivity contribution in [1.29, 1.82) is 0 Å². The van der Waals surface area contributed by atoms with Crippen LogP contribution in [0.4, 0.5) is 0 Å². The number of pyridine rings is 1. The van der Waals surface area contributed by atoms with Gasteiger partial charge in [0, 0.05) is 23.3 Å². The third-order valence-electron chi connectivity index (χ3n) is 3.27. The van der Waals surface area contributed by atoms with Gasteiger partial charge < -0.3 is 14.6 Å². The Balaban J connectivity index is 1.75. The van der Waals surface area contributed by atoms with E-state index in [9.17, 15) is 9.59 Å². The highest BCUT2D eigenvalue weighted by Crippen LogP contribution is 2.32. The van der Waals surface area contributed by atoms with Crippen LogP contribution in [0.25, 0.3) is 10.2 Å². The number of aromatic nitrogens is 2. The lowest BCUT2D eigenvalue weighted by atomic mass is 10.3. The molecule has 0 radical (unpaired) electrons. The first-order valence-electron chi connectivity index (χ1n) is 7.64. The Morgan fingerprint density at radius 1 is 1.36 bits per heavy atom. The summed E-state index contributed by atoms with van der Waals surface area (Å²) in [5, 5.41) is 3.80. The van der Waals surface area contributed by atoms with Crippen molar-refractivity contribution >= 4 is 39.1 Å². The zero-order chi connectivity index (χ0) is 18.0. The maximum atomic E-state index is 12.1. The molecule has 3 rings (SSSR count). The monoisotopic (exact) mass is 377 g/mol. The number of carbonyl (C=O) groups is 1. The number of thiazole rings is 1. The Kier molecular flexibility index (Phi) is 5.06. The van der Waals surface area contributed by atoms with Gasteiger partial charge in [-0.3, -0.25) is 9.59 Å². The molecule has 0 aliphatic heterocycles. The number of fused-ring (bicyclic) bond motifs is 1. The maximum Gasteiger partial charge on any atom is 0.279 e. The average molecular weight is 378 g/mol. The zero-order valence-electron chi connectivity index (χ0n) is 13.7. The van der Waals surface area contributed by atoms with E-state index < -0.39 is 0 Å². The average Bonchev–Trinajstić information content (AvgIpc) is 2.90. The SMILES string of the molecule is CC(C)NC(=O)Cn1ccc(Oc2nc3ccc(Cl)cc3s2)cc1=O. The van der Waals surface area contributed by atoms with E-state index in [0.717, 1.165) is 10.2 Å². The first-order valence-corrected chi connectivity index (χ1v) is 8.84. The summed E-state index contributed by atoms with van der Waals surface area (Å²) in [4.78, 5) is 28.2. The van der Waals surface area contributed by atoms with E-state index in [4.69, 9.17) is 16.3 Å². The van der Waals surface area contributed by atoms with Gasteiger partial charge in [0.2, 0.25) is 5.91 Å². The molecule has 0 fully saturated rings. The summed E-state index contributed by atoms with van der Waals surface area (Å²) < 4.78 is 7.89. The molecule has 130 valence electrons. The predicted molar refractivity (Wildman–Crippen MR) is 98.7 cm³/mol. The summed E-state index contributed by atoms with van der Waals surface area (Å²) in [6.45, 7) is 3.70. The Morgan fingerprint density at radius 3 is 2.88 bits per heavy atom. The van der Waals surface area contributed by atoms with Gasteiger partial charge in [-0.1, -0.05) is 22.9 Å². The molecule has 1 N–H and O–H groups in total. The molecule has 1 aromatic carbocycles. The predicted octanol–water partition coefficient (Wildman–Crippen LogP) is 3.43. The fourth-order valence-corrected chi connectivity index (χ4v) is 3.34. The smallest absolute Gasteiger partial charge is 0.279 e. The second kappa shape index (κ2) is 7.25. The van der Waals surface area contributed by atoms with Gasteiger partial charge in [0.1, 0.15) is 12.3 Å². The second-order valence-corrected chi connectivity index (χ2v) is 7.17. The number of hydrogen-bond donors (Lipinski definition) is 1. The summed E-state index contributed by atoms with van der Waals surface area (Å²) in [5.41, 5.74) is 0.462. The minimum absolute atomic E-state index is 0.0262. The van der Waals surface area contributed by atoms with E-state index in [1.165, 1.54) is 28.2 Å². The number of amides is 1. The zero-order valence-corrected chi connectivity index (χ0v) is 15.2. The van der Waals surface area contributed by atoms with E-state index in [2.05, 4.69) is 10.3 Å². The van der Waals surface area contributed by atoms with Gasteiger partial charge >= 0.3 is 0 Å². The lowest BCUT2D eigenvalue weighted by Gasteiger charge is -2.10. The lowest BCUT2D eigenvalue weighted by molar-refractivity contribution is -0.122. The molecule has 6 nitrogen and oxygen atoms in total. The van der Waals surface area contributed by atoms with Crippen molar-refractivity contribution in [3.05, 3.63) is 51.9 Å². The van der Waals surface area contributed by atoms with Gasteiger partial charge in [-0.15, -0.1) is 0 Å². The molecular weight excluding hydrogens is 362 g/mol. The molecule has 0 bridgehead atoms. The fraction of sp³-hybridized carbons (Fsp3) is 0.235. The molecule has 0 atom stereocenters. The van der Waals surface area contributed by atoms with Crippen molar-refractivity contribution in [1.82, 2.24) is 14.9 Å². The van der Waals surface area contributed by atoms with Crippen molar-refractivity contribution in [2.24, 2.45) is 0 Å². The molecule has 0 aliphatic carbocycles. The van der Waals surface area contributed by atoms with Crippen LogP contribution in [0.15, 0.2) is 41.3 Å². The van der Waals surface area contributed by atoms with Crippen LogP contribution in [0.5, 0.6) is 10.9 Å². The minimum Gasteiger partial charge on any atom is -0.431 e. The van der Waals surface area contributed by atoms with Gasteiger partial charge in [0.15, 0.2) is 0 Å². The fourth-order valence-electron chi connectivity index (χ4n) is 2.23. The van der Waals surface area contributed by atoms with Crippen LogP contribution in [0, 0.1) is 0 Å². The van der Waals surface area contributed by atoms with Crippen LogP contribution in [-0.4, -0.2) is 21.5 Å². The normalized spacial score (nSPS) is 11.0. The van der Waals surface area contributed by atoms with Crippen molar-refractivity contribution in [2.45, 2.75) is 26.4 Å². The Labute approximate surface area is 153 Å². The van der Waals surface area contributed by atoms with E-state index in [1.807, 2.05) is 26.0 Å². The van der Waals surface area contributed by atoms with Crippen LogP contribution < -0.4 is 15.6 Å². The van der Waals surface area contributed by atoms with Crippen LogP contribution in [0.3, 0.4) is 0 Å². The van der Waals surface area contributed by atoms with Gasteiger partial charge in [0.05, 0.1) is 10.2 Å². The summed E-state index contributed by atoms with van der Waals surface area (Å²) >= 11 is 7.30. The second-order valence-electron chi connectivity index (χ2n) is 5.74. The molecule has 0 unspecified atom stereocenters. The number of hydrogen-bond acceptors (Lipinski definition) is 5. The topological polar surface area (TPSA) is 73.2 Å². The first-order chi connectivity index (χ1) is 11.9. The number of halogens is 1. The molecule has 0 saturated heterocycles. The number of carbonyl (C=O) groups excluding carboxylic acids is 1. The third-order valence-corrected chi connectivity index (χ3v) is 4.40. The molecule has 2 heterocycles. The number of nitrogens with one attached hydrogen (secondary N) is 1. The van der Waals surface area contributed by atoms with Crippen LogP contribution in [0.1, 0.15) is 13.8 Å². The minimum atomic E-state index is -0.319. The quantitative estimate of drug-likeness (QED) is 0.739. The highest BCUT2D eigenvalue weighted by Gasteiger charge is 2.09. The van der Waals surface area contributed by atoms with Crippen molar-refractivity contribution in [2.75, 3.05) is 0 Å². The standard InChI is InChI=1S/C17H16ClN3O3S/c1-10(2)19-15(22)9-21-6-5-12(8-16(21)23)24-17-20-13-4-3-11(18)7-14(13)25-17/h3-8,10H,9H2,1-2H3,(H,19,22). The Bertz CT molecular complexity index is 981. The van der Waals surface area contributed by atoms with E-state index in [1.54, 1.807) is 12.1 Å². The van der Waals surface area contributed by atoms with Crippen LogP contribution in [-0.2, 0) is 11.3 Å². The summed E-state index contributed by atoms with van der Waals surface area (Å²) in [7, 11) is 0. The summed E-state index contributed by atoms with van der Waals surface area (Å²) in [6.07, 6.45) is 1.53. The number of benzene rings is 1. The van der Waals surface area contributed by atoms with Crippen LogP contribution >= 0.6 is 22.9 Å². The van der Waals surface area contributed by atoms with E-state index in [-0.39, 0.29) is 24.1 Å². The largest absolute Gasteiger partial charge is 0.431 e. The Hall–Kier alpha value is -2.38. The molecule has 25 heavy (non-hydrogen) atoms. The van der Waals surface area contributed by atoms with E-state index >= 15 is 0 Å². The molecule has 1 amide bonds. The van der Waals surface area contributed by atoms with Gasteiger partial charge in [-0.2, -0.15) is 0 Å². The first kappa shape index (κ1) is 17.4. The molecule has 0 spiro atoms. The van der Waals surface area contributed by atoms with Gasteiger partial charge in [-0.05, 0) is 38.1 Å². The molecule has 2 aromatic heterocycles. The highest BCUT2D eigenvalue weighted by atomic mass is 35.5. The van der Waals surface area contributed by atoms with Gasteiger partial charge in [0.25, 0.3) is 10.8 Å². The maximum absolute atomic E-state index is 12.1. The molecule has 0 aliphatic rings. The van der Waals surface area contributed by atoms with Crippen LogP contribution in [0.2, 0.25) is 5.02 Å².